The Balaban J connectivity index is 3.23. The van der Waals surface area contributed by atoms with Gasteiger partial charge >= 0.3 is 0 Å². The van der Waals surface area contributed by atoms with Crippen LogP contribution in [0.2, 0.25) is 0 Å². The van der Waals surface area contributed by atoms with Gasteiger partial charge in [-0.25, -0.2) is 4.98 Å². The van der Waals surface area contributed by atoms with Crippen molar-refractivity contribution in [2.45, 2.75) is 0 Å². The molecule has 0 aliphatic rings. The van der Waals surface area contributed by atoms with Gasteiger partial charge in [0, 0.05) is 6.20 Å². The summed E-state index contributed by atoms with van der Waals surface area (Å²) < 4.78 is 5.86. The number of halogens is 1. The SMILES string of the molecule is COc1c(I)ccnc1C=O. The Hall–Kier alpha value is -0.650. The van der Waals surface area contributed by atoms with Crippen LogP contribution in [0.25, 0.3) is 0 Å². The molecule has 0 bridgehead atoms. The van der Waals surface area contributed by atoms with E-state index in [-0.39, 0.29) is 0 Å². The number of pyridine rings is 1. The third-order valence-electron chi connectivity index (χ3n) is 1.20. The highest BCUT2D eigenvalue weighted by molar-refractivity contribution is 14.1. The summed E-state index contributed by atoms with van der Waals surface area (Å²) in [6.45, 7) is 0. The Morgan fingerprint density at radius 1 is 1.73 bits per heavy atom. The van der Waals surface area contributed by atoms with Crippen LogP contribution in [0.3, 0.4) is 0 Å². The van der Waals surface area contributed by atoms with Gasteiger partial charge in [-0.1, -0.05) is 0 Å². The van der Waals surface area contributed by atoms with E-state index in [1.54, 1.807) is 12.3 Å². The maximum atomic E-state index is 10.4. The van der Waals surface area contributed by atoms with Gasteiger partial charge in [0.2, 0.25) is 0 Å². The molecule has 1 rings (SSSR count). The first-order chi connectivity index (χ1) is 5.29. The van der Waals surface area contributed by atoms with Gasteiger partial charge in [0.15, 0.2) is 12.0 Å². The molecule has 1 aromatic rings. The monoisotopic (exact) mass is 263 g/mol. The van der Waals surface area contributed by atoms with E-state index in [9.17, 15) is 4.79 Å². The number of aldehydes is 1. The van der Waals surface area contributed by atoms with Crippen LogP contribution in [-0.4, -0.2) is 18.4 Å². The molecule has 0 aliphatic carbocycles. The zero-order valence-corrected chi connectivity index (χ0v) is 8.03. The van der Waals surface area contributed by atoms with E-state index < -0.39 is 0 Å². The third-order valence-corrected chi connectivity index (χ3v) is 2.05. The van der Waals surface area contributed by atoms with Gasteiger partial charge in [0.25, 0.3) is 0 Å². The minimum Gasteiger partial charge on any atom is -0.493 e. The average molecular weight is 263 g/mol. The van der Waals surface area contributed by atoms with Crippen LogP contribution in [0, 0.1) is 3.57 Å². The molecule has 11 heavy (non-hydrogen) atoms. The van der Waals surface area contributed by atoms with Crippen molar-refractivity contribution in [2.24, 2.45) is 0 Å². The van der Waals surface area contributed by atoms with E-state index in [2.05, 4.69) is 27.6 Å². The smallest absolute Gasteiger partial charge is 0.172 e. The van der Waals surface area contributed by atoms with E-state index in [4.69, 9.17) is 4.74 Å². The molecule has 0 saturated heterocycles. The van der Waals surface area contributed by atoms with Gasteiger partial charge in [-0.05, 0) is 28.7 Å². The zero-order valence-electron chi connectivity index (χ0n) is 5.87. The fraction of sp³-hybridized carbons (Fsp3) is 0.143. The lowest BCUT2D eigenvalue weighted by Gasteiger charge is -2.02. The Morgan fingerprint density at radius 2 is 2.45 bits per heavy atom. The average Bonchev–Trinajstić information content (AvgIpc) is 2.04. The summed E-state index contributed by atoms with van der Waals surface area (Å²) in [5, 5.41) is 0. The van der Waals surface area contributed by atoms with E-state index in [1.165, 1.54) is 7.11 Å². The highest BCUT2D eigenvalue weighted by Gasteiger charge is 2.05. The van der Waals surface area contributed by atoms with Crippen molar-refractivity contribution in [1.82, 2.24) is 4.98 Å². The van der Waals surface area contributed by atoms with Crippen LogP contribution in [0.5, 0.6) is 5.75 Å². The van der Waals surface area contributed by atoms with Crippen LogP contribution in [-0.2, 0) is 0 Å². The molecule has 0 atom stereocenters. The molecule has 0 saturated carbocycles. The number of aromatic nitrogens is 1. The fourth-order valence-electron chi connectivity index (χ4n) is 0.726. The molecule has 0 radical (unpaired) electrons. The summed E-state index contributed by atoms with van der Waals surface area (Å²) in [5.74, 6) is 0.545. The van der Waals surface area contributed by atoms with Crippen LogP contribution >= 0.6 is 22.6 Å². The van der Waals surface area contributed by atoms with E-state index in [0.29, 0.717) is 17.7 Å². The highest BCUT2D eigenvalue weighted by Crippen LogP contribution is 2.21. The summed E-state index contributed by atoms with van der Waals surface area (Å²) in [6, 6.07) is 1.78. The quantitative estimate of drug-likeness (QED) is 0.599. The predicted molar refractivity (Wildman–Crippen MR) is 48.9 cm³/mol. The number of rotatable bonds is 2. The molecule has 4 heteroatoms. The van der Waals surface area contributed by atoms with Crippen molar-refractivity contribution in [3.63, 3.8) is 0 Å². The molecular weight excluding hydrogens is 257 g/mol. The lowest BCUT2D eigenvalue weighted by Crippen LogP contribution is -1.95. The molecule has 0 aliphatic heterocycles. The van der Waals surface area contributed by atoms with Gasteiger partial charge in [-0.3, -0.25) is 4.79 Å². The minimum atomic E-state index is 0.347. The number of nitrogens with zero attached hydrogens (tertiary/aromatic N) is 1. The van der Waals surface area contributed by atoms with Gasteiger partial charge in [0.05, 0.1) is 10.7 Å². The lowest BCUT2D eigenvalue weighted by molar-refractivity contribution is 0.111. The lowest BCUT2D eigenvalue weighted by atomic mass is 10.3. The topological polar surface area (TPSA) is 39.2 Å². The van der Waals surface area contributed by atoms with Crippen molar-refractivity contribution < 1.29 is 9.53 Å². The van der Waals surface area contributed by atoms with Crippen LogP contribution in [0.15, 0.2) is 12.3 Å². The van der Waals surface area contributed by atoms with E-state index >= 15 is 0 Å². The van der Waals surface area contributed by atoms with Gasteiger partial charge in [-0.15, -0.1) is 0 Å². The number of methoxy groups -OCH3 is 1. The predicted octanol–water partition coefficient (Wildman–Crippen LogP) is 1.51. The molecule has 3 nitrogen and oxygen atoms in total. The second kappa shape index (κ2) is 3.66. The number of hydrogen-bond donors (Lipinski definition) is 0. The standard InChI is InChI=1S/C7H6INO2/c1-11-7-5(8)2-3-9-6(7)4-10/h2-4H,1H3. The van der Waals surface area contributed by atoms with Gasteiger partial charge in [-0.2, -0.15) is 0 Å². The summed E-state index contributed by atoms with van der Waals surface area (Å²) in [4.78, 5) is 14.2. The van der Waals surface area contributed by atoms with Crippen molar-refractivity contribution in [2.75, 3.05) is 7.11 Å². The van der Waals surface area contributed by atoms with Crippen molar-refractivity contribution in [3.05, 3.63) is 21.5 Å². The molecule has 0 amide bonds. The van der Waals surface area contributed by atoms with Crippen molar-refractivity contribution >= 4 is 28.9 Å². The second-order valence-electron chi connectivity index (χ2n) is 1.83. The normalized spacial score (nSPS) is 9.27. The Morgan fingerprint density at radius 3 is 2.91 bits per heavy atom. The molecular formula is C7H6INO2. The Labute approximate surface area is 77.9 Å². The maximum Gasteiger partial charge on any atom is 0.172 e. The third kappa shape index (κ3) is 1.68. The maximum absolute atomic E-state index is 10.4. The van der Waals surface area contributed by atoms with Crippen molar-refractivity contribution in [1.29, 1.82) is 0 Å². The van der Waals surface area contributed by atoms with Crippen molar-refractivity contribution in [3.8, 4) is 5.75 Å². The summed E-state index contributed by atoms with van der Waals surface area (Å²) >= 11 is 2.09. The largest absolute Gasteiger partial charge is 0.493 e. The van der Waals surface area contributed by atoms with E-state index in [1.807, 2.05) is 0 Å². The summed E-state index contributed by atoms with van der Waals surface area (Å²) in [5.41, 5.74) is 0.347. The van der Waals surface area contributed by atoms with Gasteiger partial charge in [0.1, 0.15) is 5.69 Å². The van der Waals surface area contributed by atoms with Crippen LogP contribution < -0.4 is 4.74 Å². The number of carbonyl (C=O) groups excluding carboxylic acids is 1. The van der Waals surface area contributed by atoms with E-state index in [0.717, 1.165) is 3.57 Å². The second-order valence-corrected chi connectivity index (χ2v) is 2.99. The molecule has 58 valence electrons. The molecule has 0 unspecified atom stereocenters. The molecule has 0 aromatic carbocycles. The molecule has 1 heterocycles. The number of ether oxygens (including phenoxy) is 1. The number of hydrogen-bond acceptors (Lipinski definition) is 3. The molecule has 0 spiro atoms. The molecule has 0 fully saturated rings. The first-order valence-electron chi connectivity index (χ1n) is 2.93. The Bertz CT molecular complexity index is 275. The minimum absolute atomic E-state index is 0.347. The van der Waals surface area contributed by atoms with Gasteiger partial charge < -0.3 is 4.74 Å². The van der Waals surface area contributed by atoms with Crippen LogP contribution in [0.4, 0.5) is 0 Å². The number of carbonyl (C=O) groups is 1. The zero-order chi connectivity index (χ0) is 8.27. The fourth-order valence-corrected chi connectivity index (χ4v) is 1.38. The summed E-state index contributed by atoms with van der Waals surface area (Å²) in [6.07, 6.45) is 2.26. The van der Waals surface area contributed by atoms with Crippen LogP contribution in [0.1, 0.15) is 10.5 Å². The molecule has 0 N–H and O–H groups in total. The molecule has 1 aromatic heterocycles. The Kier molecular flexibility index (Phi) is 2.81. The first kappa shape index (κ1) is 8.45. The first-order valence-corrected chi connectivity index (χ1v) is 4.01. The summed E-state index contributed by atoms with van der Waals surface area (Å²) in [7, 11) is 1.52. The highest BCUT2D eigenvalue weighted by atomic mass is 127.